The van der Waals surface area contributed by atoms with Crippen LogP contribution in [0.5, 0.6) is 0 Å². The molecular weight excluding hydrogens is 298 g/mol. The van der Waals surface area contributed by atoms with E-state index in [1.165, 1.54) is 0 Å². The SMILES string of the molecule is C=CNCCc1ccccc1COC(CC(C)(F)F)[C@@H](C)C#N. The van der Waals surface area contributed by atoms with E-state index in [0.717, 1.165) is 31.0 Å². The molecule has 0 bridgehead atoms. The minimum absolute atomic E-state index is 0.219. The molecule has 0 spiro atoms. The number of hydrogen-bond donors (Lipinski definition) is 1. The van der Waals surface area contributed by atoms with Crippen LogP contribution in [0.4, 0.5) is 8.78 Å². The summed E-state index contributed by atoms with van der Waals surface area (Å²) in [6.45, 7) is 7.02. The monoisotopic (exact) mass is 322 g/mol. The zero-order valence-corrected chi connectivity index (χ0v) is 13.7. The number of halogens is 2. The van der Waals surface area contributed by atoms with E-state index in [4.69, 9.17) is 10.00 Å². The third-order valence-corrected chi connectivity index (χ3v) is 3.58. The Morgan fingerprint density at radius 3 is 2.61 bits per heavy atom. The largest absolute Gasteiger partial charge is 0.391 e. The van der Waals surface area contributed by atoms with Gasteiger partial charge in [0, 0.05) is 13.0 Å². The van der Waals surface area contributed by atoms with Gasteiger partial charge in [0.05, 0.1) is 24.7 Å². The van der Waals surface area contributed by atoms with Gasteiger partial charge in [0.25, 0.3) is 0 Å². The van der Waals surface area contributed by atoms with Crippen LogP contribution in [0.15, 0.2) is 37.0 Å². The van der Waals surface area contributed by atoms with Crippen molar-refractivity contribution in [2.75, 3.05) is 6.54 Å². The summed E-state index contributed by atoms with van der Waals surface area (Å²) < 4.78 is 32.2. The highest BCUT2D eigenvalue weighted by molar-refractivity contribution is 5.26. The second kappa shape index (κ2) is 9.26. The van der Waals surface area contributed by atoms with Gasteiger partial charge in [-0.3, -0.25) is 0 Å². The van der Waals surface area contributed by atoms with Crippen LogP contribution >= 0.6 is 0 Å². The van der Waals surface area contributed by atoms with Crippen molar-refractivity contribution < 1.29 is 13.5 Å². The van der Waals surface area contributed by atoms with Gasteiger partial charge < -0.3 is 10.1 Å². The highest BCUT2D eigenvalue weighted by atomic mass is 19.3. The number of ether oxygens (including phenoxy) is 1. The zero-order valence-electron chi connectivity index (χ0n) is 13.7. The van der Waals surface area contributed by atoms with Gasteiger partial charge in [0.15, 0.2) is 0 Å². The molecule has 126 valence electrons. The maximum Gasteiger partial charge on any atom is 0.247 e. The number of alkyl halides is 2. The van der Waals surface area contributed by atoms with E-state index in [2.05, 4.69) is 11.9 Å². The van der Waals surface area contributed by atoms with Crippen molar-refractivity contribution >= 4 is 0 Å². The normalized spacial score (nSPS) is 13.9. The molecule has 0 aliphatic heterocycles. The third kappa shape index (κ3) is 7.25. The summed E-state index contributed by atoms with van der Waals surface area (Å²) in [5.74, 6) is -3.45. The lowest BCUT2D eigenvalue weighted by molar-refractivity contribution is -0.0688. The molecule has 1 aromatic rings. The molecule has 1 N–H and O–H groups in total. The maximum absolute atomic E-state index is 13.3. The van der Waals surface area contributed by atoms with E-state index in [1.54, 1.807) is 13.1 Å². The second-order valence-electron chi connectivity index (χ2n) is 5.72. The fraction of sp³-hybridized carbons (Fsp3) is 0.500. The molecule has 3 nitrogen and oxygen atoms in total. The Bertz CT molecular complexity index is 535. The third-order valence-electron chi connectivity index (χ3n) is 3.58. The highest BCUT2D eigenvalue weighted by Crippen LogP contribution is 2.25. The first-order valence-corrected chi connectivity index (χ1v) is 7.67. The van der Waals surface area contributed by atoms with Gasteiger partial charge in [0.1, 0.15) is 0 Å². The molecule has 5 heteroatoms. The first-order chi connectivity index (χ1) is 10.9. The molecule has 0 heterocycles. The van der Waals surface area contributed by atoms with Gasteiger partial charge in [-0.2, -0.15) is 5.26 Å². The second-order valence-corrected chi connectivity index (χ2v) is 5.72. The lowest BCUT2D eigenvalue weighted by atomic mass is 10.00. The average Bonchev–Trinajstić information content (AvgIpc) is 2.51. The van der Waals surface area contributed by atoms with Crippen LogP contribution < -0.4 is 5.32 Å². The molecule has 2 atom stereocenters. The molecule has 0 saturated carbocycles. The fourth-order valence-corrected chi connectivity index (χ4v) is 2.26. The number of nitrogens with zero attached hydrogens (tertiary/aromatic N) is 1. The molecule has 0 aliphatic carbocycles. The van der Waals surface area contributed by atoms with Gasteiger partial charge in [-0.1, -0.05) is 30.8 Å². The topological polar surface area (TPSA) is 45.0 Å². The van der Waals surface area contributed by atoms with Crippen LogP contribution in [-0.2, 0) is 17.8 Å². The molecule has 23 heavy (non-hydrogen) atoms. The number of nitriles is 1. The van der Waals surface area contributed by atoms with E-state index in [9.17, 15) is 8.78 Å². The van der Waals surface area contributed by atoms with Gasteiger partial charge >= 0.3 is 0 Å². The summed E-state index contributed by atoms with van der Waals surface area (Å²) in [5.41, 5.74) is 2.04. The van der Waals surface area contributed by atoms with E-state index < -0.39 is 24.4 Å². The lowest BCUT2D eigenvalue weighted by Gasteiger charge is -2.23. The van der Waals surface area contributed by atoms with E-state index in [-0.39, 0.29) is 6.61 Å². The molecular formula is C18H24F2N2O. The molecule has 0 aliphatic rings. The first kappa shape index (κ1) is 19.1. The predicted octanol–water partition coefficient (Wildman–Crippen LogP) is 4.05. The first-order valence-electron chi connectivity index (χ1n) is 7.67. The Balaban J connectivity index is 2.73. The summed E-state index contributed by atoms with van der Waals surface area (Å²) in [4.78, 5) is 0. The predicted molar refractivity (Wildman–Crippen MR) is 86.9 cm³/mol. The Labute approximate surface area is 137 Å². The number of nitrogens with one attached hydrogen (secondary N) is 1. The van der Waals surface area contributed by atoms with Crippen molar-refractivity contribution in [3.8, 4) is 6.07 Å². The van der Waals surface area contributed by atoms with Crippen molar-refractivity contribution in [3.63, 3.8) is 0 Å². The van der Waals surface area contributed by atoms with Crippen LogP contribution in [0.3, 0.4) is 0 Å². The smallest absolute Gasteiger partial charge is 0.247 e. The summed E-state index contributed by atoms with van der Waals surface area (Å²) >= 11 is 0. The van der Waals surface area contributed by atoms with Crippen LogP contribution in [0.2, 0.25) is 0 Å². The number of benzene rings is 1. The molecule has 0 saturated heterocycles. The van der Waals surface area contributed by atoms with E-state index in [0.29, 0.717) is 0 Å². The van der Waals surface area contributed by atoms with Crippen molar-refractivity contribution in [1.29, 1.82) is 5.26 Å². The minimum Gasteiger partial charge on any atom is -0.391 e. The summed E-state index contributed by atoms with van der Waals surface area (Å²) in [6, 6.07) is 9.73. The number of hydrogen-bond acceptors (Lipinski definition) is 3. The average molecular weight is 322 g/mol. The van der Waals surface area contributed by atoms with Gasteiger partial charge in [-0.05, 0) is 37.6 Å². The van der Waals surface area contributed by atoms with Crippen molar-refractivity contribution in [2.24, 2.45) is 5.92 Å². The minimum atomic E-state index is -2.86. The molecule has 0 amide bonds. The van der Waals surface area contributed by atoms with Crippen LogP contribution in [0, 0.1) is 17.2 Å². The Hall–Kier alpha value is -1.93. The van der Waals surface area contributed by atoms with Crippen LogP contribution in [0.25, 0.3) is 0 Å². The Morgan fingerprint density at radius 2 is 2.04 bits per heavy atom. The maximum atomic E-state index is 13.3. The van der Waals surface area contributed by atoms with E-state index >= 15 is 0 Å². The summed E-state index contributed by atoms with van der Waals surface area (Å²) in [5, 5.41) is 12.0. The highest BCUT2D eigenvalue weighted by Gasteiger charge is 2.30. The Kier molecular flexibility index (Phi) is 7.70. The van der Waals surface area contributed by atoms with Gasteiger partial charge in [-0.25, -0.2) is 8.78 Å². The van der Waals surface area contributed by atoms with Gasteiger partial charge in [-0.15, -0.1) is 0 Å². The van der Waals surface area contributed by atoms with Crippen molar-refractivity contribution in [3.05, 3.63) is 48.2 Å². The van der Waals surface area contributed by atoms with Gasteiger partial charge in [0.2, 0.25) is 5.92 Å². The summed E-state index contributed by atoms with van der Waals surface area (Å²) in [7, 11) is 0. The van der Waals surface area contributed by atoms with E-state index in [1.807, 2.05) is 30.3 Å². The standard InChI is InChI=1S/C18H24F2N2O/c1-4-22-10-9-15-7-5-6-8-16(15)13-23-17(14(2)12-21)11-18(3,19)20/h4-8,14,17,22H,1,9-11,13H2,2-3H3/t14-,17?/m0/s1. The quantitative estimate of drug-likeness (QED) is 0.661. The van der Waals surface area contributed by atoms with Crippen LogP contribution in [0.1, 0.15) is 31.4 Å². The molecule has 0 aromatic heterocycles. The molecule has 0 radical (unpaired) electrons. The molecule has 0 fully saturated rings. The summed E-state index contributed by atoms with van der Waals surface area (Å²) in [6.07, 6.45) is 1.17. The molecule has 1 rings (SSSR count). The zero-order chi connectivity index (χ0) is 17.3. The fourth-order valence-electron chi connectivity index (χ4n) is 2.26. The number of rotatable bonds is 10. The van der Waals surface area contributed by atoms with Crippen molar-refractivity contribution in [2.45, 2.75) is 45.3 Å². The molecule has 1 unspecified atom stereocenters. The Morgan fingerprint density at radius 1 is 1.39 bits per heavy atom. The lowest BCUT2D eigenvalue weighted by Crippen LogP contribution is -2.28. The molecule has 1 aromatic carbocycles. The van der Waals surface area contributed by atoms with Crippen molar-refractivity contribution in [1.82, 2.24) is 5.32 Å². The van der Waals surface area contributed by atoms with Crippen LogP contribution in [-0.4, -0.2) is 18.6 Å².